The zero-order chi connectivity index (χ0) is 15.5. The first-order valence-corrected chi connectivity index (χ1v) is 7.44. The first-order chi connectivity index (χ1) is 9.96. The molecule has 2 rings (SSSR count). The Morgan fingerprint density at radius 1 is 1.43 bits per heavy atom. The van der Waals surface area contributed by atoms with Gasteiger partial charge in [0.2, 0.25) is 5.95 Å². The standard InChI is InChI=1S/C15H22BN3O2/c1-4-21-13(20)15(2)7-5-12(6-8-15)19(3)14-17-9-11(16)10-18-14/h9-10,12H,4-8H2,1-3H3. The number of rotatable bonds is 4. The van der Waals surface area contributed by atoms with Gasteiger partial charge in [-0.2, -0.15) is 0 Å². The van der Waals surface area contributed by atoms with Crippen LogP contribution in [-0.2, 0) is 9.53 Å². The number of esters is 1. The molecule has 112 valence electrons. The Bertz CT molecular complexity index is 484. The fraction of sp³-hybridized carbons (Fsp3) is 0.667. The lowest BCUT2D eigenvalue weighted by atomic mass is 9.73. The zero-order valence-electron chi connectivity index (χ0n) is 13.0. The third-order valence-electron chi connectivity index (χ3n) is 4.35. The van der Waals surface area contributed by atoms with Gasteiger partial charge in [0, 0.05) is 25.5 Å². The van der Waals surface area contributed by atoms with Crippen LogP contribution in [0.15, 0.2) is 12.4 Å². The second-order valence-corrected chi connectivity index (χ2v) is 5.94. The number of carbonyl (C=O) groups excluding carboxylic acids is 1. The topological polar surface area (TPSA) is 55.3 Å². The molecule has 0 saturated heterocycles. The quantitative estimate of drug-likeness (QED) is 0.615. The summed E-state index contributed by atoms with van der Waals surface area (Å²) in [5.74, 6) is 0.601. The van der Waals surface area contributed by atoms with Gasteiger partial charge in [-0.25, -0.2) is 9.97 Å². The van der Waals surface area contributed by atoms with Gasteiger partial charge < -0.3 is 9.64 Å². The van der Waals surface area contributed by atoms with E-state index in [1.165, 1.54) is 0 Å². The van der Waals surface area contributed by atoms with Crippen LogP contribution in [-0.4, -0.2) is 43.5 Å². The van der Waals surface area contributed by atoms with Crippen molar-refractivity contribution in [3.63, 3.8) is 0 Å². The molecule has 1 aromatic heterocycles. The first kappa shape index (κ1) is 15.8. The van der Waals surface area contributed by atoms with Gasteiger partial charge in [-0.3, -0.25) is 4.79 Å². The lowest BCUT2D eigenvalue weighted by Crippen LogP contribution is -2.42. The zero-order valence-corrected chi connectivity index (χ0v) is 13.0. The number of carbonyl (C=O) groups is 1. The van der Waals surface area contributed by atoms with Crippen molar-refractivity contribution in [1.82, 2.24) is 9.97 Å². The van der Waals surface area contributed by atoms with Gasteiger partial charge in [0.1, 0.15) is 7.85 Å². The molecule has 0 atom stereocenters. The molecular weight excluding hydrogens is 265 g/mol. The van der Waals surface area contributed by atoms with Crippen molar-refractivity contribution in [2.24, 2.45) is 5.41 Å². The van der Waals surface area contributed by atoms with E-state index in [-0.39, 0.29) is 11.4 Å². The Labute approximate surface area is 127 Å². The highest BCUT2D eigenvalue weighted by Crippen LogP contribution is 2.38. The van der Waals surface area contributed by atoms with Crippen molar-refractivity contribution in [3.05, 3.63) is 12.4 Å². The lowest BCUT2D eigenvalue weighted by molar-refractivity contribution is -0.156. The SMILES string of the molecule is [B]c1cnc(N(C)C2CCC(C)(C(=O)OCC)CC2)nc1. The average molecular weight is 287 g/mol. The summed E-state index contributed by atoms with van der Waals surface area (Å²) in [6, 6.07) is 0.344. The van der Waals surface area contributed by atoms with Crippen LogP contribution in [0.1, 0.15) is 39.5 Å². The molecule has 0 amide bonds. The summed E-state index contributed by atoms with van der Waals surface area (Å²) >= 11 is 0. The molecule has 5 nitrogen and oxygen atoms in total. The molecule has 6 heteroatoms. The van der Waals surface area contributed by atoms with Gasteiger partial charge in [-0.05, 0) is 39.5 Å². The summed E-state index contributed by atoms with van der Waals surface area (Å²) in [6.45, 7) is 4.29. The number of aromatic nitrogens is 2. The fourth-order valence-corrected chi connectivity index (χ4v) is 2.81. The molecule has 1 fully saturated rings. The van der Waals surface area contributed by atoms with Crippen molar-refractivity contribution < 1.29 is 9.53 Å². The van der Waals surface area contributed by atoms with Gasteiger partial charge in [0.05, 0.1) is 12.0 Å². The molecule has 0 unspecified atom stereocenters. The molecule has 1 aromatic rings. The number of ether oxygens (including phenoxy) is 1. The second-order valence-electron chi connectivity index (χ2n) is 5.94. The van der Waals surface area contributed by atoms with Gasteiger partial charge in [-0.15, -0.1) is 0 Å². The van der Waals surface area contributed by atoms with E-state index in [0.29, 0.717) is 24.1 Å². The molecule has 1 aliphatic rings. The third kappa shape index (κ3) is 3.54. The van der Waals surface area contributed by atoms with Crippen LogP contribution in [0, 0.1) is 5.41 Å². The Morgan fingerprint density at radius 3 is 2.52 bits per heavy atom. The van der Waals surface area contributed by atoms with E-state index >= 15 is 0 Å². The van der Waals surface area contributed by atoms with Crippen LogP contribution in [0.4, 0.5) is 5.95 Å². The fourth-order valence-electron chi connectivity index (χ4n) is 2.81. The molecule has 21 heavy (non-hydrogen) atoms. The van der Waals surface area contributed by atoms with Crippen molar-refractivity contribution in [2.75, 3.05) is 18.6 Å². The van der Waals surface area contributed by atoms with Crippen LogP contribution in [0.5, 0.6) is 0 Å². The highest BCUT2D eigenvalue weighted by atomic mass is 16.5. The predicted octanol–water partition coefficient (Wildman–Crippen LogP) is 1.22. The van der Waals surface area contributed by atoms with E-state index in [0.717, 1.165) is 25.7 Å². The number of hydrogen-bond donors (Lipinski definition) is 0. The molecule has 0 aromatic carbocycles. The average Bonchev–Trinajstić information content (AvgIpc) is 2.48. The molecule has 0 aliphatic heterocycles. The van der Waals surface area contributed by atoms with Crippen LogP contribution in [0.3, 0.4) is 0 Å². The summed E-state index contributed by atoms with van der Waals surface area (Å²) in [5, 5.41) is 0. The van der Waals surface area contributed by atoms with Gasteiger partial charge in [-0.1, -0.05) is 5.46 Å². The lowest BCUT2D eigenvalue weighted by Gasteiger charge is -2.38. The monoisotopic (exact) mass is 287 g/mol. The van der Waals surface area contributed by atoms with E-state index in [4.69, 9.17) is 12.6 Å². The highest BCUT2D eigenvalue weighted by Gasteiger charge is 2.39. The van der Waals surface area contributed by atoms with Crippen molar-refractivity contribution in [2.45, 2.75) is 45.6 Å². The maximum Gasteiger partial charge on any atom is 0.311 e. The van der Waals surface area contributed by atoms with Crippen LogP contribution in [0.25, 0.3) is 0 Å². The molecular formula is C15H22BN3O2. The maximum absolute atomic E-state index is 12.0. The summed E-state index contributed by atoms with van der Waals surface area (Å²) in [6.07, 6.45) is 6.75. The molecule has 0 spiro atoms. The summed E-state index contributed by atoms with van der Waals surface area (Å²) in [5.41, 5.74) is 0.209. The Kier molecular flexibility index (Phi) is 4.86. The normalized spacial score (nSPS) is 25.4. The molecule has 1 saturated carbocycles. The Morgan fingerprint density at radius 2 is 2.00 bits per heavy atom. The number of hydrogen-bond acceptors (Lipinski definition) is 5. The van der Waals surface area contributed by atoms with E-state index < -0.39 is 0 Å². The molecule has 1 aliphatic carbocycles. The van der Waals surface area contributed by atoms with Crippen LogP contribution in [0.2, 0.25) is 0 Å². The van der Waals surface area contributed by atoms with E-state index in [1.807, 2.05) is 20.9 Å². The smallest absolute Gasteiger partial charge is 0.311 e. The molecule has 2 radical (unpaired) electrons. The van der Waals surface area contributed by atoms with Gasteiger partial charge in [0.25, 0.3) is 0 Å². The van der Waals surface area contributed by atoms with Crippen LogP contribution >= 0.6 is 0 Å². The summed E-state index contributed by atoms with van der Waals surface area (Å²) in [7, 11) is 7.60. The minimum absolute atomic E-state index is 0.0742. The minimum atomic E-state index is -0.352. The van der Waals surface area contributed by atoms with E-state index in [9.17, 15) is 4.79 Å². The van der Waals surface area contributed by atoms with E-state index in [2.05, 4.69) is 14.9 Å². The van der Waals surface area contributed by atoms with E-state index in [1.54, 1.807) is 12.4 Å². The first-order valence-electron chi connectivity index (χ1n) is 7.44. The van der Waals surface area contributed by atoms with Crippen molar-refractivity contribution >= 4 is 25.2 Å². The Hall–Kier alpha value is -1.59. The van der Waals surface area contributed by atoms with Gasteiger partial charge >= 0.3 is 5.97 Å². The minimum Gasteiger partial charge on any atom is -0.466 e. The largest absolute Gasteiger partial charge is 0.466 e. The third-order valence-corrected chi connectivity index (χ3v) is 4.35. The highest BCUT2D eigenvalue weighted by molar-refractivity contribution is 6.31. The second kappa shape index (κ2) is 6.45. The Balaban J connectivity index is 1.97. The maximum atomic E-state index is 12.0. The van der Waals surface area contributed by atoms with Crippen molar-refractivity contribution in [1.29, 1.82) is 0 Å². The molecule has 0 bridgehead atoms. The van der Waals surface area contributed by atoms with Crippen molar-refractivity contribution in [3.8, 4) is 0 Å². The van der Waals surface area contributed by atoms with Crippen LogP contribution < -0.4 is 10.4 Å². The number of nitrogens with zero attached hydrogens (tertiary/aromatic N) is 3. The molecule has 1 heterocycles. The summed E-state index contributed by atoms with van der Waals surface area (Å²) in [4.78, 5) is 22.6. The molecule has 0 N–H and O–H groups in total. The summed E-state index contributed by atoms with van der Waals surface area (Å²) < 4.78 is 5.19. The number of anilines is 1. The van der Waals surface area contributed by atoms with Gasteiger partial charge in [0.15, 0.2) is 0 Å². The predicted molar refractivity (Wildman–Crippen MR) is 82.8 cm³/mol.